The van der Waals surface area contributed by atoms with Crippen molar-refractivity contribution in [2.75, 3.05) is 5.73 Å². The third-order valence-electron chi connectivity index (χ3n) is 2.31. The molecule has 0 aliphatic heterocycles. The van der Waals surface area contributed by atoms with Crippen molar-refractivity contribution in [3.63, 3.8) is 0 Å². The first-order chi connectivity index (χ1) is 8.50. The third kappa shape index (κ3) is 2.00. The topological polar surface area (TPSA) is 122 Å². The van der Waals surface area contributed by atoms with Crippen LogP contribution < -0.4 is 11.5 Å². The summed E-state index contributed by atoms with van der Waals surface area (Å²) < 4.78 is 4.02. The molecular formula is C10H9N4O3S+. The fourth-order valence-corrected chi connectivity index (χ4v) is 2.19. The van der Waals surface area contributed by atoms with Crippen molar-refractivity contribution in [1.29, 1.82) is 0 Å². The van der Waals surface area contributed by atoms with E-state index in [-0.39, 0.29) is 21.2 Å². The lowest BCUT2D eigenvalue weighted by Crippen LogP contribution is -2.13. The number of carbonyl (C=O) groups is 1. The van der Waals surface area contributed by atoms with Crippen LogP contribution in [-0.4, -0.2) is 20.4 Å². The zero-order valence-corrected chi connectivity index (χ0v) is 9.85. The van der Waals surface area contributed by atoms with Crippen molar-refractivity contribution >= 4 is 28.1 Å². The summed E-state index contributed by atoms with van der Waals surface area (Å²) in [5, 5.41) is 9.04. The summed E-state index contributed by atoms with van der Waals surface area (Å²) in [5.74, 6) is -0.690. The van der Waals surface area contributed by atoms with Crippen LogP contribution >= 0.6 is 11.5 Å². The van der Waals surface area contributed by atoms with Crippen LogP contribution in [0.5, 0.6) is 0 Å². The van der Waals surface area contributed by atoms with Crippen LogP contribution in [0.25, 0.3) is 11.3 Å². The van der Waals surface area contributed by atoms with Gasteiger partial charge in [-0.2, -0.15) is 4.37 Å². The van der Waals surface area contributed by atoms with E-state index >= 15 is 0 Å². The van der Waals surface area contributed by atoms with Crippen molar-refractivity contribution < 1.29 is 14.9 Å². The average molecular weight is 265 g/mol. The second-order valence-electron chi connectivity index (χ2n) is 3.46. The number of rotatable bonds is 3. The predicted molar refractivity (Wildman–Crippen MR) is 65.6 cm³/mol. The van der Waals surface area contributed by atoms with Gasteiger partial charge in [0.25, 0.3) is 10.8 Å². The maximum absolute atomic E-state index is 11.3. The summed E-state index contributed by atoms with van der Waals surface area (Å²) in [5.41, 5.74) is 11.7. The summed E-state index contributed by atoms with van der Waals surface area (Å²) in [6, 6.07) is 5.98. The molecule has 7 nitrogen and oxygen atoms in total. The maximum atomic E-state index is 11.3. The van der Waals surface area contributed by atoms with Gasteiger partial charge in [-0.1, -0.05) is 12.1 Å². The Kier molecular flexibility index (Phi) is 2.94. The molecule has 1 amide bonds. The van der Waals surface area contributed by atoms with E-state index in [0.29, 0.717) is 11.3 Å². The Morgan fingerprint density at radius 3 is 2.78 bits per heavy atom. The summed E-state index contributed by atoms with van der Waals surface area (Å²) in [7, 11) is 0. The Balaban J connectivity index is 2.59. The van der Waals surface area contributed by atoms with Gasteiger partial charge in [0.15, 0.2) is 0 Å². The summed E-state index contributed by atoms with van der Waals surface area (Å²) in [4.78, 5) is 21.8. The highest BCUT2D eigenvalue weighted by molar-refractivity contribution is 7.10. The van der Waals surface area contributed by atoms with Crippen LogP contribution in [-0.2, 0) is 0 Å². The highest BCUT2D eigenvalue weighted by Crippen LogP contribution is 2.31. The summed E-state index contributed by atoms with van der Waals surface area (Å²) in [6.45, 7) is 0. The maximum Gasteiger partial charge on any atom is 0.317 e. The molecule has 0 atom stereocenters. The van der Waals surface area contributed by atoms with Gasteiger partial charge in [0, 0.05) is 17.7 Å². The lowest BCUT2D eigenvalue weighted by atomic mass is 10.1. The van der Waals surface area contributed by atoms with Gasteiger partial charge in [0.05, 0.1) is 10.6 Å². The number of hydrogen-bond acceptors (Lipinski definition) is 5. The van der Waals surface area contributed by atoms with E-state index in [9.17, 15) is 9.70 Å². The number of benzene rings is 1. The van der Waals surface area contributed by atoms with E-state index in [1.807, 2.05) is 0 Å². The first-order valence-corrected chi connectivity index (χ1v) is 5.59. The molecule has 5 N–H and O–H groups in total. The van der Waals surface area contributed by atoms with Crippen LogP contribution in [0.2, 0.25) is 0 Å². The number of hydrogen-bond donors (Lipinski definition) is 3. The second kappa shape index (κ2) is 4.41. The molecule has 1 aromatic carbocycles. The van der Waals surface area contributed by atoms with Crippen LogP contribution in [0.4, 0.5) is 10.7 Å². The molecule has 0 aliphatic carbocycles. The highest BCUT2D eigenvalue weighted by atomic mass is 32.1. The van der Waals surface area contributed by atoms with E-state index in [4.69, 9.17) is 16.7 Å². The quantitative estimate of drug-likeness (QED) is 0.722. The van der Waals surface area contributed by atoms with Crippen molar-refractivity contribution in [3.8, 4) is 11.3 Å². The zero-order valence-electron chi connectivity index (χ0n) is 9.03. The van der Waals surface area contributed by atoms with Crippen molar-refractivity contribution in [3.05, 3.63) is 34.7 Å². The fourth-order valence-electron chi connectivity index (χ4n) is 1.51. The van der Waals surface area contributed by atoms with E-state index < -0.39 is 5.91 Å². The number of aromatic nitrogens is 1. The van der Waals surface area contributed by atoms with E-state index in [1.165, 1.54) is 12.1 Å². The van der Waals surface area contributed by atoms with Crippen LogP contribution in [0.1, 0.15) is 10.4 Å². The number of anilines is 1. The van der Waals surface area contributed by atoms with E-state index in [2.05, 4.69) is 4.37 Å². The lowest BCUT2D eigenvalue weighted by Gasteiger charge is -1.99. The van der Waals surface area contributed by atoms with Crippen LogP contribution in [0, 0.1) is 4.91 Å². The van der Waals surface area contributed by atoms with Gasteiger partial charge in [-0.05, 0) is 11.5 Å². The smallest absolute Gasteiger partial charge is 0.317 e. The molecule has 0 saturated carbocycles. The molecule has 1 aromatic heterocycles. The summed E-state index contributed by atoms with van der Waals surface area (Å²) >= 11 is 0.941. The largest absolute Gasteiger partial charge is 0.389 e. The minimum atomic E-state index is -0.690. The van der Waals surface area contributed by atoms with Gasteiger partial charge >= 0.3 is 5.69 Å². The average Bonchev–Trinajstić information content (AvgIpc) is 2.71. The van der Waals surface area contributed by atoms with Crippen LogP contribution in [0.3, 0.4) is 0 Å². The fraction of sp³-hybridized carbons (Fsp3) is 0. The molecule has 2 rings (SSSR count). The standard InChI is InChI=1S/C10H8N4O3S/c11-9(15)7-8(13-18-10(7)12)5-2-1-3-6(4-5)14(16)17/h1-4H,(H4-,11,12,13,15,16,17)/p+1. The number of nitrogens with zero attached hydrogens (tertiary/aromatic N) is 2. The van der Waals surface area contributed by atoms with E-state index in [0.717, 1.165) is 11.5 Å². The van der Waals surface area contributed by atoms with Gasteiger partial charge in [0.2, 0.25) is 0 Å². The lowest BCUT2D eigenvalue weighted by molar-refractivity contribution is -0.729. The molecule has 0 radical (unpaired) electrons. The zero-order chi connectivity index (χ0) is 13.3. The Labute approximate surface area is 105 Å². The number of primary amides is 1. The molecule has 0 bridgehead atoms. The number of nitrogens with two attached hydrogens (primary N) is 2. The van der Waals surface area contributed by atoms with Crippen molar-refractivity contribution in [2.45, 2.75) is 0 Å². The Morgan fingerprint density at radius 2 is 2.17 bits per heavy atom. The molecule has 0 aliphatic rings. The molecule has 18 heavy (non-hydrogen) atoms. The SMILES string of the molecule is NC(=O)c1c(-c2cccc([N+](=O)O)c2)nsc1N. The van der Waals surface area contributed by atoms with E-state index in [1.54, 1.807) is 12.1 Å². The molecule has 0 unspecified atom stereocenters. The molecular weight excluding hydrogens is 256 g/mol. The van der Waals surface area contributed by atoms with Gasteiger partial charge < -0.3 is 11.5 Å². The monoisotopic (exact) mass is 265 g/mol. The number of amides is 1. The molecule has 0 fully saturated rings. The minimum Gasteiger partial charge on any atom is -0.389 e. The van der Waals surface area contributed by atoms with Gasteiger partial charge in [0.1, 0.15) is 10.6 Å². The van der Waals surface area contributed by atoms with Gasteiger partial charge in [-0.15, -0.1) is 0 Å². The number of carbonyl (C=O) groups excluding carboxylic acids is 1. The first kappa shape index (κ1) is 12.0. The minimum absolute atomic E-state index is 0.0227. The molecule has 92 valence electrons. The van der Waals surface area contributed by atoms with Crippen molar-refractivity contribution in [2.24, 2.45) is 5.73 Å². The van der Waals surface area contributed by atoms with Crippen LogP contribution in [0.15, 0.2) is 24.3 Å². The normalized spacial score (nSPS) is 10.2. The Bertz CT molecular complexity index is 638. The highest BCUT2D eigenvalue weighted by Gasteiger charge is 2.20. The molecule has 2 aromatic rings. The second-order valence-corrected chi connectivity index (χ2v) is 4.26. The molecule has 0 spiro atoms. The predicted octanol–water partition coefficient (Wildman–Crippen LogP) is 1.29. The van der Waals surface area contributed by atoms with Gasteiger partial charge in [-0.25, -0.2) is 5.21 Å². The molecule has 8 heteroatoms. The first-order valence-electron chi connectivity index (χ1n) is 4.82. The van der Waals surface area contributed by atoms with Crippen molar-refractivity contribution in [1.82, 2.24) is 4.37 Å². The third-order valence-corrected chi connectivity index (χ3v) is 2.98. The van der Waals surface area contributed by atoms with Gasteiger partial charge in [-0.3, -0.25) is 4.79 Å². The Morgan fingerprint density at radius 1 is 1.44 bits per heavy atom. The molecule has 0 saturated heterocycles. The summed E-state index contributed by atoms with van der Waals surface area (Å²) in [6.07, 6.45) is 0. The molecule has 1 heterocycles. The Hall–Kier alpha value is -2.48. The number of nitrogen functional groups attached to an aromatic ring is 1.